The van der Waals surface area contributed by atoms with E-state index in [0.29, 0.717) is 19.1 Å². The van der Waals surface area contributed by atoms with E-state index < -0.39 is 0 Å². The quantitative estimate of drug-likeness (QED) is 0.381. The Kier molecular flexibility index (Phi) is 8.85. The van der Waals surface area contributed by atoms with Crippen molar-refractivity contribution in [2.24, 2.45) is 4.99 Å². The third-order valence-corrected chi connectivity index (χ3v) is 3.41. The molecule has 0 atom stereocenters. The Hall–Kier alpha value is -2.09. The molecule has 0 bridgehead atoms. The minimum atomic E-state index is -0.0366. The van der Waals surface area contributed by atoms with E-state index in [9.17, 15) is 4.79 Å². The molecule has 1 aromatic rings. The van der Waals surface area contributed by atoms with Crippen LogP contribution in [0.2, 0.25) is 0 Å². The van der Waals surface area contributed by atoms with Crippen LogP contribution in [0.1, 0.15) is 17.8 Å². The highest BCUT2D eigenvalue weighted by molar-refractivity contribution is 5.84. The highest BCUT2D eigenvalue weighted by atomic mass is 16.5. The van der Waals surface area contributed by atoms with Gasteiger partial charge in [0.2, 0.25) is 5.91 Å². The maximum absolute atomic E-state index is 11.7. The molecule has 1 rings (SSSR count). The summed E-state index contributed by atoms with van der Waals surface area (Å²) in [5.74, 6) is 0.584. The molecule has 1 heterocycles. The molecular weight excluding hydrogens is 308 g/mol. The zero-order valence-corrected chi connectivity index (χ0v) is 15.4. The van der Waals surface area contributed by atoms with Crippen LogP contribution in [0.3, 0.4) is 0 Å². The number of aryl methyl sites for hydroxylation is 3. The van der Waals surface area contributed by atoms with E-state index in [1.54, 1.807) is 21.2 Å². The van der Waals surface area contributed by atoms with Crippen molar-refractivity contribution in [3.05, 3.63) is 17.5 Å². The van der Waals surface area contributed by atoms with Gasteiger partial charge in [-0.3, -0.25) is 9.48 Å². The molecule has 8 nitrogen and oxygen atoms in total. The number of likely N-dealkylation sites (N-methyl/N-ethyl adjacent to an activating group) is 1. The predicted molar refractivity (Wildman–Crippen MR) is 95.2 cm³/mol. The molecule has 0 aliphatic carbocycles. The minimum absolute atomic E-state index is 0.0366. The molecule has 8 heteroatoms. The van der Waals surface area contributed by atoms with Gasteiger partial charge < -0.3 is 20.3 Å². The number of hydrogen-bond donors (Lipinski definition) is 2. The fraction of sp³-hybridized carbons (Fsp3) is 0.688. The first-order chi connectivity index (χ1) is 11.4. The number of ether oxygens (including phenoxy) is 1. The van der Waals surface area contributed by atoms with E-state index in [0.717, 1.165) is 30.9 Å². The summed E-state index contributed by atoms with van der Waals surface area (Å²) in [6.45, 7) is 6.96. The van der Waals surface area contributed by atoms with Gasteiger partial charge in [0.15, 0.2) is 5.96 Å². The van der Waals surface area contributed by atoms with E-state index in [1.807, 2.05) is 11.6 Å². The molecule has 0 aliphatic heterocycles. The number of nitrogens with zero attached hydrogens (tertiary/aromatic N) is 4. The summed E-state index contributed by atoms with van der Waals surface area (Å²) in [5, 5.41) is 10.8. The fourth-order valence-electron chi connectivity index (χ4n) is 2.07. The highest BCUT2D eigenvalue weighted by Crippen LogP contribution is 2.02. The van der Waals surface area contributed by atoms with Crippen LogP contribution in [-0.2, 0) is 16.1 Å². The van der Waals surface area contributed by atoms with Crippen LogP contribution in [0, 0.1) is 13.8 Å². The molecule has 1 aromatic heterocycles. The minimum Gasteiger partial charge on any atom is -0.383 e. The lowest BCUT2D eigenvalue weighted by atomic mass is 10.4. The number of methoxy groups -OCH3 is 1. The second-order valence-corrected chi connectivity index (χ2v) is 5.80. The van der Waals surface area contributed by atoms with Gasteiger partial charge in [-0.05, 0) is 26.3 Å². The second kappa shape index (κ2) is 10.6. The second-order valence-electron chi connectivity index (χ2n) is 5.80. The number of nitrogens with one attached hydrogen (secondary N) is 2. The van der Waals surface area contributed by atoms with Gasteiger partial charge in [-0.2, -0.15) is 5.10 Å². The van der Waals surface area contributed by atoms with Crippen molar-refractivity contribution < 1.29 is 9.53 Å². The monoisotopic (exact) mass is 338 g/mol. The largest absolute Gasteiger partial charge is 0.383 e. The summed E-state index contributed by atoms with van der Waals surface area (Å²) in [5.41, 5.74) is 2.20. The standard InChI is InChI=1S/C16H30N6O2/c1-13-11-14(2)22(20-13)9-6-7-17-16(18-8-10-24-5)19-12-15(23)21(3)4/h11H,6-10,12H2,1-5H3,(H2,17,18,19). The number of aliphatic imine (C=N–C) groups is 1. The van der Waals surface area contributed by atoms with Gasteiger partial charge in [0.25, 0.3) is 0 Å². The average Bonchev–Trinajstić information content (AvgIpc) is 2.85. The summed E-state index contributed by atoms with van der Waals surface area (Å²) < 4.78 is 7.02. The molecule has 0 saturated heterocycles. The molecule has 0 saturated carbocycles. The Morgan fingerprint density at radius 1 is 1.33 bits per heavy atom. The Bertz CT molecular complexity index is 539. The van der Waals surface area contributed by atoms with Gasteiger partial charge in [-0.1, -0.05) is 0 Å². The van der Waals surface area contributed by atoms with E-state index in [2.05, 4.69) is 33.7 Å². The molecule has 1 amide bonds. The molecule has 0 aromatic carbocycles. The number of hydrogen-bond acceptors (Lipinski definition) is 4. The topological polar surface area (TPSA) is 83.8 Å². The maximum atomic E-state index is 11.7. The van der Waals surface area contributed by atoms with Crippen molar-refractivity contribution in [3.63, 3.8) is 0 Å². The molecule has 24 heavy (non-hydrogen) atoms. The first-order valence-corrected chi connectivity index (χ1v) is 8.16. The van der Waals surface area contributed by atoms with Gasteiger partial charge in [0, 0.05) is 46.5 Å². The van der Waals surface area contributed by atoms with Crippen molar-refractivity contribution in [1.82, 2.24) is 25.3 Å². The van der Waals surface area contributed by atoms with Crippen LogP contribution >= 0.6 is 0 Å². The van der Waals surface area contributed by atoms with E-state index in [1.165, 1.54) is 4.90 Å². The zero-order valence-electron chi connectivity index (χ0n) is 15.4. The first-order valence-electron chi connectivity index (χ1n) is 8.16. The predicted octanol–water partition coefficient (Wildman–Crippen LogP) is 0.160. The van der Waals surface area contributed by atoms with E-state index in [-0.39, 0.29) is 12.5 Å². The molecule has 136 valence electrons. The summed E-state index contributed by atoms with van der Waals surface area (Å²) in [6.07, 6.45) is 0.911. The Morgan fingerprint density at radius 3 is 2.62 bits per heavy atom. The smallest absolute Gasteiger partial charge is 0.243 e. The maximum Gasteiger partial charge on any atom is 0.243 e. The number of carbonyl (C=O) groups is 1. The van der Waals surface area contributed by atoms with Crippen LogP contribution in [0.25, 0.3) is 0 Å². The van der Waals surface area contributed by atoms with Crippen molar-refractivity contribution in [2.75, 3.05) is 47.4 Å². The van der Waals surface area contributed by atoms with Gasteiger partial charge in [0.05, 0.1) is 12.3 Å². The lowest BCUT2D eigenvalue weighted by molar-refractivity contribution is -0.127. The van der Waals surface area contributed by atoms with Gasteiger partial charge in [-0.25, -0.2) is 4.99 Å². The van der Waals surface area contributed by atoms with Crippen LogP contribution in [0.5, 0.6) is 0 Å². The number of carbonyl (C=O) groups excluding carboxylic acids is 1. The molecule has 0 spiro atoms. The first kappa shape index (κ1) is 20.0. The molecular formula is C16H30N6O2. The number of aromatic nitrogens is 2. The average molecular weight is 338 g/mol. The SMILES string of the molecule is COCCNC(=NCC(=O)N(C)C)NCCCn1nc(C)cc1C. The van der Waals surface area contributed by atoms with E-state index in [4.69, 9.17) is 4.74 Å². The molecule has 0 radical (unpaired) electrons. The summed E-state index contributed by atoms with van der Waals surface area (Å²) in [4.78, 5) is 17.5. The normalized spacial score (nSPS) is 11.5. The summed E-state index contributed by atoms with van der Waals surface area (Å²) in [6, 6.07) is 2.07. The van der Waals surface area contributed by atoms with Crippen LogP contribution in [0.4, 0.5) is 0 Å². The lowest BCUT2D eigenvalue weighted by Gasteiger charge is -2.13. The van der Waals surface area contributed by atoms with Crippen LogP contribution in [0.15, 0.2) is 11.1 Å². The van der Waals surface area contributed by atoms with Crippen molar-refractivity contribution in [1.29, 1.82) is 0 Å². The number of rotatable bonds is 9. The van der Waals surface area contributed by atoms with Gasteiger partial charge in [-0.15, -0.1) is 0 Å². The van der Waals surface area contributed by atoms with Gasteiger partial charge >= 0.3 is 0 Å². The number of amides is 1. The molecule has 0 aliphatic rings. The van der Waals surface area contributed by atoms with Crippen molar-refractivity contribution in [3.8, 4) is 0 Å². The fourth-order valence-corrected chi connectivity index (χ4v) is 2.07. The lowest BCUT2D eigenvalue weighted by Crippen LogP contribution is -2.40. The molecule has 0 fully saturated rings. The van der Waals surface area contributed by atoms with E-state index >= 15 is 0 Å². The Morgan fingerprint density at radius 2 is 2.04 bits per heavy atom. The Labute approximate surface area is 144 Å². The summed E-state index contributed by atoms with van der Waals surface area (Å²) in [7, 11) is 5.09. The third kappa shape index (κ3) is 7.45. The van der Waals surface area contributed by atoms with Crippen molar-refractivity contribution >= 4 is 11.9 Å². The van der Waals surface area contributed by atoms with Gasteiger partial charge in [0.1, 0.15) is 6.54 Å². The van der Waals surface area contributed by atoms with Crippen LogP contribution < -0.4 is 10.6 Å². The molecule has 0 unspecified atom stereocenters. The number of guanidine groups is 1. The Balaban J connectivity index is 2.44. The third-order valence-electron chi connectivity index (χ3n) is 3.41. The highest BCUT2D eigenvalue weighted by Gasteiger charge is 2.05. The summed E-state index contributed by atoms with van der Waals surface area (Å²) >= 11 is 0. The van der Waals surface area contributed by atoms with Crippen molar-refractivity contribution in [2.45, 2.75) is 26.8 Å². The zero-order chi connectivity index (χ0) is 17.9. The molecule has 2 N–H and O–H groups in total. The van der Waals surface area contributed by atoms with Crippen LogP contribution in [-0.4, -0.2) is 74.0 Å².